The molecule has 0 atom stereocenters. The van der Waals surface area contributed by atoms with Gasteiger partial charge in [-0.25, -0.2) is 9.97 Å². The average Bonchev–Trinajstić information content (AvgIpc) is 0.955. The van der Waals surface area contributed by atoms with E-state index in [1.165, 1.54) is 208 Å². The van der Waals surface area contributed by atoms with Crippen LogP contribution in [0.4, 0.5) is 0 Å². The number of hydrogen-bond acceptors (Lipinski definition) is 5. The molecule has 4 heterocycles. The molecular weight excluding hydrogens is 1440 g/mol. The Balaban J connectivity index is 0.000000106. The van der Waals surface area contributed by atoms with Crippen molar-refractivity contribution < 1.29 is 0 Å². The SMILES string of the molecule is CC(C)(C)Cc1cc2c3c(cccc3c1)-c1ccccc1C2(C)C.CC(C)c1cc2c3c(ccnc3c1)-c1ccccc1C2(C)C.Cc1ccc2c(c1)-c1nccc3cc(C4CCCC4)cc(c13)C2(C)C.Cc1ccc2c(c1)-c1nccc3cc(CC(C)(C)C)cc(c13)C2(C)C.Cc1ccc2c(c1)-c1ncnc3cc(C(C)C)cc(c13)C2(C)C. The van der Waals surface area contributed by atoms with Gasteiger partial charge in [-0.2, -0.15) is 0 Å². The molecule has 0 amide bonds. The summed E-state index contributed by atoms with van der Waals surface area (Å²) in [6.07, 6.45) is 15.3. The van der Waals surface area contributed by atoms with Crippen molar-refractivity contribution in [3.63, 3.8) is 0 Å². The quantitative estimate of drug-likeness (QED) is 0.172. The summed E-state index contributed by atoms with van der Waals surface area (Å²) in [4.78, 5) is 23.5. The number of aryl methyl sites for hydroxylation is 3. The molecule has 1 saturated carbocycles. The third-order valence-corrected chi connectivity index (χ3v) is 27.6. The highest BCUT2D eigenvalue weighted by Crippen LogP contribution is 2.56. The molecule has 119 heavy (non-hydrogen) atoms. The minimum absolute atomic E-state index is 0.00872. The van der Waals surface area contributed by atoms with Gasteiger partial charge < -0.3 is 0 Å². The summed E-state index contributed by atoms with van der Waals surface area (Å²) in [6.45, 7) is 52.9. The molecule has 1 fully saturated rings. The average molecular weight is 1560 g/mol. The summed E-state index contributed by atoms with van der Waals surface area (Å²) in [5.74, 6) is 1.75. The maximum Gasteiger partial charge on any atom is 0.116 e. The number of nitrogens with zero attached hydrogens (tertiary/aromatic N) is 5. The fourth-order valence-electron chi connectivity index (χ4n) is 21.3. The van der Waals surface area contributed by atoms with Crippen molar-refractivity contribution >= 4 is 54.1 Å². The summed E-state index contributed by atoms with van der Waals surface area (Å²) in [5.41, 5.74) is 40.7. The van der Waals surface area contributed by atoms with E-state index in [1.807, 2.05) is 18.6 Å². The molecule has 5 nitrogen and oxygen atoms in total. The fraction of sp³-hybridized carbons (Fsp3) is 0.342. The molecule has 15 aromatic rings. The van der Waals surface area contributed by atoms with Gasteiger partial charge in [0.05, 0.1) is 28.1 Å². The van der Waals surface area contributed by atoms with Crippen LogP contribution < -0.4 is 0 Å². The second-order valence-corrected chi connectivity index (χ2v) is 41.4. The normalized spacial score (nSPS) is 15.9. The van der Waals surface area contributed by atoms with E-state index >= 15 is 0 Å². The van der Waals surface area contributed by atoms with E-state index in [1.54, 1.807) is 11.9 Å². The number of aromatic nitrogens is 5. The third kappa shape index (κ3) is 14.2. The van der Waals surface area contributed by atoms with Crippen molar-refractivity contribution in [2.75, 3.05) is 0 Å². The predicted octanol–water partition coefficient (Wildman–Crippen LogP) is 30.7. The molecule has 0 saturated heterocycles. The van der Waals surface area contributed by atoms with E-state index in [2.05, 4.69) is 374 Å². The molecule has 0 radical (unpaired) electrons. The number of rotatable bonds is 5. The maximum atomic E-state index is 4.81. The molecular formula is C114H121N5. The zero-order chi connectivity index (χ0) is 84.1. The first-order valence-corrected chi connectivity index (χ1v) is 44.1. The summed E-state index contributed by atoms with van der Waals surface area (Å²) >= 11 is 0. The van der Waals surface area contributed by atoms with Crippen LogP contribution in [0.5, 0.6) is 0 Å². The minimum Gasteiger partial charge on any atom is -0.256 e. The lowest BCUT2D eigenvalue weighted by atomic mass is 9.68. The van der Waals surface area contributed by atoms with Crippen LogP contribution in [0.1, 0.15) is 282 Å². The Bertz CT molecular complexity index is 6590. The van der Waals surface area contributed by atoms with Gasteiger partial charge in [0, 0.05) is 83.9 Å². The van der Waals surface area contributed by atoms with Crippen LogP contribution in [-0.2, 0) is 39.9 Å². The van der Waals surface area contributed by atoms with E-state index in [4.69, 9.17) is 9.97 Å². The molecule has 0 spiro atoms. The maximum absolute atomic E-state index is 4.81. The van der Waals surface area contributed by atoms with Crippen molar-refractivity contribution in [1.29, 1.82) is 0 Å². The lowest BCUT2D eigenvalue weighted by Crippen LogP contribution is -2.24. The van der Waals surface area contributed by atoms with Crippen molar-refractivity contribution in [2.24, 2.45) is 10.8 Å². The van der Waals surface area contributed by atoms with E-state index < -0.39 is 0 Å². The summed E-state index contributed by atoms with van der Waals surface area (Å²) in [6, 6.07) is 75.3. The van der Waals surface area contributed by atoms with E-state index in [0.717, 1.165) is 41.2 Å². The van der Waals surface area contributed by atoms with Crippen molar-refractivity contribution in [1.82, 2.24) is 24.9 Å². The van der Waals surface area contributed by atoms with Crippen molar-refractivity contribution in [2.45, 2.75) is 243 Å². The summed E-state index contributed by atoms with van der Waals surface area (Å²) < 4.78 is 0. The molecule has 602 valence electrons. The van der Waals surface area contributed by atoms with Crippen LogP contribution in [-0.4, -0.2) is 24.9 Å². The molecule has 6 aliphatic rings. The van der Waals surface area contributed by atoms with Crippen LogP contribution in [0, 0.1) is 31.6 Å². The van der Waals surface area contributed by atoms with Gasteiger partial charge in [0.15, 0.2) is 0 Å². The van der Waals surface area contributed by atoms with Crippen LogP contribution >= 0.6 is 0 Å². The fourth-order valence-corrected chi connectivity index (χ4v) is 21.3. The smallest absolute Gasteiger partial charge is 0.116 e. The Hall–Kier alpha value is -10.8. The molecule has 0 bridgehead atoms. The Morgan fingerprint density at radius 1 is 0.311 bits per heavy atom. The predicted molar refractivity (Wildman–Crippen MR) is 506 cm³/mol. The molecule has 0 aliphatic heterocycles. The van der Waals surface area contributed by atoms with Gasteiger partial charge in [0.2, 0.25) is 0 Å². The Morgan fingerprint density at radius 3 is 1.16 bits per heavy atom. The second-order valence-electron chi connectivity index (χ2n) is 41.4. The topological polar surface area (TPSA) is 64.5 Å². The standard InChI is InChI=1S/C24H25N.C24H27N.C24H26.C21H22N2.C21H21N/c1-15-8-9-20-19(12-15)23-22-17(10-11-25-23)13-18(16-6-4-5-7-16)14-21(22)24(20,2)3;1-15-7-8-19-18(11-15)22-21-17(9-10-25-22)12-16(14-23(2,3)4)13-20(21)24(19,5)6;1-23(2,3)15-16-13-17-9-8-11-19-18-10-6-7-12-20(18)24(4,5)21(14-16)22(17)19;1-12(2)14-9-17-19-18(10-14)22-11-23-20(19)15-8-13(3)6-7-16(15)21(17,4)5;1-13(2)14-11-18-20-16(9-10-22-19(20)12-14)15-7-5-6-8-17(15)21(18,3)4/h8-14,16H,4-7H2,1-3H3;7-13H,14H2,1-6H3;6-14H,15H2,1-5H3;6-12H,1-5H3;5-13H,1-4H3. The molecule has 6 aliphatic carbocycles. The van der Waals surface area contributed by atoms with E-state index in [0.29, 0.717) is 17.3 Å². The molecule has 0 unspecified atom stereocenters. The first-order valence-electron chi connectivity index (χ1n) is 44.1. The highest BCUT2D eigenvalue weighted by atomic mass is 14.8. The van der Waals surface area contributed by atoms with E-state index in [9.17, 15) is 0 Å². The number of benzene rings is 11. The van der Waals surface area contributed by atoms with Gasteiger partial charge in [0.25, 0.3) is 0 Å². The highest BCUT2D eigenvalue weighted by Gasteiger charge is 2.41. The Morgan fingerprint density at radius 2 is 0.689 bits per heavy atom. The lowest BCUT2D eigenvalue weighted by molar-refractivity contribution is 0.410. The van der Waals surface area contributed by atoms with Crippen LogP contribution in [0.15, 0.2) is 225 Å². The van der Waals surface area contributed by atoms with Crippen molar-refractivity contribution in [3.8, 4) is 56.0 Å². The second kappa shape index (κ2) is 29.6. The molecule has 21 rings (SSSR count). The van der Waals surface area contributed by atoms with Crippen LogP contribution in [0.2, 0.25) is 0 Å². The third-order valence-electron chi connectivity index (χ3n) is 27.6. The van der Waals surface area contributed by atoms with Crippen molar-refractivity contribution in [3.05, 3.63) is 325 Å². The first-order chi connectivity index (χ1) is 56.4. The van der Waals surface area contributed by atoms with Gasteiger partial charge in [-0.3, -0.25) is 15.0 Å². The number of pyridine rings is 3. The van der Waals surface area contributed by atoms with Gasteiger partial charge >= 0.3 is 0 Å². The monoisotopic (exact) mass is 1560 g/mol. The van der Waals surface area contributed by atoms with Crippen LogP contribution in [0.25, 0.3) is 110 Å². The van der Waals surface area contributed by atoms with E-state index in [-0.39, 0.29) is 32.5 Å². The summed E-state index contributed by atoms with van der Waals surface area (Å²) in [7, 11) is 0. The molecule has 11 aromatic carbocycles. The Labute approximate surface area is 709 Å². The molecule has 0 N–H and O–H groups in total. The minimum atomic E-state index is -0.0378. The lowest BCUT2D eigenvalue weighted by Gasteiger charge is -2.36. The van der Waals surface area contributed by atoms with Gasteiger partial charge in [-0.1, -0.05) is 320 Å². The largest absolute Gasteiger partial charge is 0.256 e. The van der Waals surface area contributed by atoms with Gasteiger partial charge in [-0.15, -0.1) is 0 Å². The number of fused-ring (bicyclic) bond motifs is 10. The zero-order valence-corrected chi connectivity index (χ0v) is 75.1. The molecule has 4 aromatic heterocycles. The van der Waals surface area contributed by atoms with Crippen LogP contribution in [0.3, 0.4) is 0 Å². The summed E-state index contributed by atoms with van der Waals surface area (Å²) in [5, 5.41) is 10.8. The van der Waals surface area contributed by atoms with Gasteiger partial charge in [0.1, 0.15) is 6.33 Å². The molecule has 5 heteroatoms. The zero-order valence-electron chi connectivity index (χ0n) is 75.1. The van der Waals surface area contributed by atoms with Gasteiger partial charge in [-0.05, 0) is 251 Å². The Kier molecular flexibility index (Phi) is 20.1. The highest BCUT2D eigenvalue weighted by molar-refractivity contribution is 6.07. The number of hydrogen-bond donors (Lipinski definition) is 0. The first kappa shape index (κ1) is 80.7.